The molecule has 29 heavy (non-hydrogen) atoms. The molecule has 2 aliphatic rings. The van der Waals surface area contributed by atoms with E-state index in [0.29, 0.717) is 5.92 Å². The Bertz CT molecular complexity index is 867. The molecule has 4 heteroatoms. The highest BCUT2D eigenvalue weighted by molar-refractivity contribution is 5.42. The van der Waals surface area contributed by atoms with Crippen molar-refractivity contribution in [3.05, 3.63) is 65.0 Å². The molecule has 156 valence electrons. The van der Waals surface area contributed by atoms with E-state index < -0.39 is 11.2 Å². The van der Waals surface area contributed by atoms with Gasteiger partial charge in [-0.15, -0.1) is 0 Å². The number of nitrogens with zero attached hydrogens (tertiary/aromatic N) is 2. The molecule has 2 heterocycles. The van der Waals surface area contributed by atoms with Crippen molar-refractivity contribution < 1.29 is 10.2 Å². The summed E-state index contributed by atoms with van der Waals surface area (Å²) in [5.74, 6) is 0.459. The first-order chi connectivity index (χ1) is 13.7. The number of pyridine rings is 1. The lowest BCUT2D eigenvalue weighted by molar-refractivity contribution is -0.127. The molecule has 1 aliphatic carbocycles. The van der Waals surface area contributed by atoms with Crippen LogP contribution in [0.4, 0.5) is 0 Å². The average molecular weight is 395 g/mol. The largest absolute Gasteiger partial charge is 0.390 e. The van der Waals surface area contributed by atoms with E-state index in [4.69, 9.17) is 0 Å². The average Bonchev–Trinajstić information content (AvgIpc) is 3.42. The maximum Gasteiger partial charge on any atom is 0.124 e. The van der Waals surface area contributed by atoms with E-state index in [1.54, 1.807) is 0 Å². The van der Waals surface area contributed by atoms with Crippen molar-refractivity contribution in [3.8, 4) is 0 Å². The Kier molecular flexibility index (Phi) is 5.09. The normalized spacial score (nSPS) is 22.2. The highest BCUT2D eigenvalue weighted by atomic mass is 16.3. The lowest BCUT2D eigenvalue weighted by atomic mass is 9.62. The summed E-state index contributed by atoms with van der Waals surface area (Å²) in [4.78, 5) is 6.72. The molecule has 2 fully saturated rings. The van der Waals surface area contributed by atoms with E-state index in [0.717, 1.165) is 55.5 Å². The third-order valence-electron chi connectivity index (χ3n) is 7.03. The van der Waals surface area contributed by atoms with Crippen LogP contribution in [0.25, 0.3) is 0 Å². The fourth-order valence-electron chi connectivity index (χ4n) is 4.94. The van der Waals surface area contributed by atoms with Crippen LogP contribution in [0.5, 0.6) is 0 Å². The zero-order valence-corrected chi connectivity index (χ0v) is 18.2. The van der Waals surface area contributed by atoms with Crippen LogP contribution in [0.2, 0.25) is 0 Å². The van der Waals surface area contributed by atoms with Crippen LogP contribution in [0.15, 0.2) is 42.7 Å². The summed E-state index contributed by atoms with van der Waals surface area (Å²) >= 11 is 0. The van der Waals surface area contributed by atoms with Crippen LogP contribution in [-0.4, -0.2) is 45.8 Å². The topological polar surface area (TPSA) is 56.6 Å². The molecule has 1 unspecified atom stereocenters. The number of likely N-dealkylation sites (tertiary alicyclic amines) is 1. The maximum atomic E-state index is 12.2. The van der Waals surface area contributed by atoms with Gasteiger partial charge in [0.15, 0.2) is 0 Å². The van der Waals surface area contributed by atoms with Gasteiger partial charge >= 0.3 is 0 Å². The molecule has 0 radical (unpaired) electrons. The third-order valence-corrected chi connectivity index (χ3v) is 7.03. The van der Waals surface area contributed by atoms with E-state index in [9.17, 15) is 10.2 Å². The molecule has 1 atom stereocenters. The van der Waals surface area contributed by atoms with Crippen molar-refractivity contribution in [1.29, 1.82) is 0 Å². The first-order valence-electron chi connectivity index (χ1n) is 10.8. The van der Waals surface area contributed by atoms with Crippen molar-refractivity contribution in [3.63, 3.8) is 0 Å². The quantitative estimate of drug-likeness (QED) is 0.749. The summed E-state index contributed by atoms with van der Waals surface area (Å²) < 4.78 is 0. The lowest BCUT2D eigenvalue weighted by Gasteiger charge is -2.56. The summed E-state index contributed by atoms with van der Waals surface area (Å²) in [5, 5.41) is 22.4. The number of aliphatic hydroxyl groups is 2. The monoisotopic (exact) mass is 394 g/mol. The Labute approximate surface area is 174 Å². The fourth-order valence-corrected chi connectivity index (χ4v) is 4.94. The van der Waals surface area contributed by atoms with Gasteiger partial charge in [0.2, 0.25) is 0 Å². The molecule has 0 amide bonds. The van der Waals surface area contributed by atoms with Gasteiger partial charge in [-0.2, -0.15) is 0 Å². The lowest BCUT2D eigenvalue weighted by Crippen LogP contribution is -2.63. The molecular weight excluding hydrogens is 360 g/mol. The molecule has 1 aromatic carbocycles. The van der Waals surface area contributed by atoms with Gasteiger partial charge in [-0.25, -0.2) is 0 Å². The van der Waals surface area contributed by atoms with Gasteiger partial charge in [-0.05, 0) is 61.4 Å². The van der Waals surface area contributed by atoms with Crippen LogP contribution < -0.4 is 0 Å². The number of benzene rings is 1. The number of hydrogen-bond donors (Lipinski definition) is 2. The predicted octanol–water partition coefficient (Wildman–Crippen LogP) is 3.85. The van der Waals surface area contributed by atoms with Gasteiger partial charge < -0.3 is 15.1 Å². The minimum atomic E-state index is -1.10. The Hall–Kier alpha value is -1.75. The molecular formula is C25H34N2O2. The first kappa shape index (κ1) is 20.5. The Morgan fingerprint density at radius 3 is 2.31 bits per heavy atom. The number of rotatable bonds is 7. The molecule has 1 saturated heterocycles. The van der Waals surface area contributed by atoms with Gasteiger partial charge in [0.25, 0.3) is 0 Å². The summed E-state index contributed by atoms with van der Waals surface area (Å²) in [6.07, 6.45) is 7.03. The molecule has 2 aromatic rings. The molecule has 0 spiro atoms. The van der Waals surface area contributed by atoms with Gasteiger partial charge in [0.05, 0.1) is 5.60 Å². The standard InChI is InChI=1S/C25H34N2O2/c1-18(2)20-5-7-21(8-6-20)25(29,23(3)16-27(4)17-23)22-13-19(14-26-15-22)9-10-24(28)11-12-24/h5-8,13-15,18,28-29H,9-12,16-17H2,1-4H3. The minimum Gasteiger partial charge on any atom is -0.390 e. The summed E-state index contributed by atoms with van der Waals surface area (Å²) in [5.41, 5.74) is 2.28. The van der Waals surface area contributed by atoms with Crippen LogP contribution in [-0.2, 0) is 12.0 Å². The molecule has 1 saturated carbocycles. The first-order valence-corrected chi connectivity index (χ1v) is 10.8. The molecule has 0 bridgehead atoms. The Morgan fingerprint density at radius 2 is 1.76 bits per heavy atom. The number of hydrogen-bond acceptors (Lipinski definition) is 4. The van der Waals surface area contributed by atoms with Crippen molar-refractivity contribution >= 4 is 0 Å². The maximum absolute atomic E-state index is 12.2. The second-order valence-electron chi connectivity index (χ2n) is 10.0. The van der Waals surface area contributed by atoms with Crippen molar-refractivity contribution in [2.45, 2.75) is 63.6 Å². The van der Waals surface area contributed by atoms with E-state index >= 15 is 0 Å². The zero-order valence-electron chi connectivity index (χ0n) is 18.2. The molecule has 4 rings (SSSR count). The van der Waals surface area contributed by atoms with E-state index in [2.05, 4.69) is 68.0 Å². The summed E-state index contributed by atoms with van der Waals surface area (Å²) in [7, 11) is 2.09. The summed E-state index contributed by atoms with van der Waals surface area (Å²) in [6.45, 7) is 8.21. The van der Waals surface area contributed by atoms with Gasteiger partial charge in [-0.3, -0.25) is 4.98 Å². The second kappa shape index (κ2) is 7.19. The van der Waals surface area contributed by atoms with Gasteiger partial charge in [0, 0.05) is 36.5 Å². The zero-order chi connectivity index (χ0) is 20.9. The molecule has 2 N–H and O–H groups in total. The van der Waals surface area contributed by atoms with Crippen LogP contribution in [0, 0.1) is 5.41 Å². The fraction of sp³-hybridized carbons (Fsp3) is 0.560. The van der Waals surface area contributed by atoms with E-state index in [1.807, 2.05) is 12.4 Å². The van der Waals surface area contributed by atoms with Crippen LogP contribution in [0.1, 0.15) is 68.2 Å². The van der Waals surface area contributed by atoms with Crippen molar-refractivity contribution in [2.75, 3.05) is 20.1 Å². The second-order valence-corrected chi connectivity index (χ2v) is 10.0. The minimum absolute atomic E-state index is 0.282. The third kappa shape index (κ3) is 3.74. The highest BCUT2D eigenvalue weighted by Crippen LogP contribution is 2.50. The molecule has 1 aliphatic heterocycles. The predicted molar refractivity (Wildman–Crippen MR) is 116 cm³/mol. The summed E-state index contributed by atoms with van der Waals surface area (Å²) in [6, 6.07) is 10.5. The smallest absolute Gasteiger partial charge is 0.124 e. The van der Waals surface area contributed by atoms with Gasteiger partial charge in [0.1, 0.15) is 5.60 Å². The van der Waals surface area contributed by atoms with Crippen molar-refractivity contribution in [2.24, 2.45) is 5.41 Å². The van der Waals surface area contributed by atoms with Gasteiger partial charge in [-0.1, -0.05) is 45.0 Å². The van der Waals surface area contributed by atoms with E-state index in [1.165, 1.54) is 5.56 Å². The van der Waals surface area contributed by atoms with Crippen molar-refractivity contribution in [1.82, 2.24) is 9.88 Å². The van der Waals surface area contributed by atoms with E-state index in [-0.39, 0.29) is 5.41 Å². The Balaban J connectivity index is 1.71. The van der Waals surface area contributed by atoms with Crippen LogP contribution in [0.3, 0.4) is 0 Å². The molecule has 4 nitrogen and oxygen atoms in total. The molecule has 1 aromatic heterocycles. The number of aromatic nitrogens is 1. The number of aryl methyl sites for hydroxylation is 1. The Morgan fingerprint density at radius 1 is 1.10 bits per heavy atom. The van der Waals surface area contributed by atoms with Crippen LogP contribution >= 0.6 is 0 Å². The highest BCUT2D eigenvalue weighted by Gasteiger charge is 2.55. The SMILES string of the molecule is CC(C)c1ccc(C(O)(c2cncc(CCC3(O)CC3)c2)C2(C)CN(C)C2)cc1.